The molecule has 0 unspecified atom stereocenters. The van der Waals surface area contributed by atoms with Gasteiger partial charge in [-0.3, -0.25) is 9.69 Å². The van der Waals surface area contributed by atoms with Crippen LogP contribution in [0.1, 0.15) is 18.4 Å². The molecule has 0 bridgehead atoms. The predicted octanol–water partition coefficient (Wildman–Crippen LogP) is 0.443. The average molecular weight is 274 g/mol. The lowest BCUT2D eigenvalue weighted by Gasteiger charge is -2.31. The van der Waals surface area contributed by atoms with E-state index in [0.717, 1.165) is 18.7 Å². The number of hydrogen-bond donors (Lipinski definition) is 3. The standard InChI is InChI=1S/C14H18N4O2/c15-11-3-1-10(2-4-11)9-18-12(19)14(17-13(18)20)5-7-16-8-6-14/h1-4,16H,5-9,15H2,(H,17,20). The number of nitrogens with zero attached hydrogens (tertiary/aromatic N) is 1. The second kappa shape index (κ2) is 4.79. The largest absolute Gasteiger partial charge is 0.399 e. The lowest BCUT2D eigenvalue weighted by molar-refractivity contribution is -0.132. The molecule has 1 spiro atoms. The molecule has 3 rings (SSSR count). The van der Waals surface area contributed by atoms with Crippen LogP contribution in [-0.2, 0) is 11.3 Å². The van der Waals surface area contributed by atoms with Crippen LogP contribution in [0.4, 0.5) is 10.5 Å². The molecule has 6 heteroatoms. The Labute approximate surface area is 117 Å². The van der Waals surface area contributed by atoms with Gasteiger partial charge in [-0.15, -0.1) is 0 Å². The molecule has 20 heavy (non-hydrogen) atoms. The summed E-state index contributed by atoms with van der Waals surface area (Å²) in [4.78, 5) is 25.9. The number of amides is 3. The van der Waals surface area contributed by atoms with Crippen LogP contribution in [0, 0.1) is 0 Å². The van der Waals surface area contributed by atoms with E-state index in [1.54, 1.807) is 12.1 Å². The van der Waals surface area contributed by atoms with Crippen LogP contribution in [0.5, 0.6) is 0 Å². The molecule has 2 aliphatic heterocycles. The minimum absolute atomic E-state index is 0.110. The highest BCUT2D eigenvalue weighted by Crippen LogP contribution is 2.28. The summed E-state index contributed by atoms with van der Waals surface area (Å²) < 4.78 is 0. The van der Waals surface area contributed by atoms with E-state index in [-0.39, 0.29) is 11.9 Å². The highest BCUT2D eigenvalue weighted by Gasteiger charge is 2.51. The number of benzene rings is 1. The molecule has 0 aromatic heterocycles. The molecular formula is C14H18N4O2. The van der Waals surface area contributed by atoms with Gasteiger partial charge in [0.25, 0.3) is 5.91 Å². The second-order valence-electron chi connectivity index (χ2n) is 5.40. The number of carbonyl (C=O) groups excluding carboxylic acids is 2. The van der Waals surface area contributed by atoms with Gasteiger partial charge < -0.3 is 16.4 Å². The number of hydrogen-bond acceptors (Lipinski definition) is 4. The molecule has 2 heterocycles. The van der Waals surface area contributed by atoms with Crippen molar-refractivity contribution >= 4 is 17.6 Å². The first kappa shape index (κ1) is 12.9. The van der Waals surface area contributed by atoms with E-state index in [2.05, 4.69) is 10.6 Å². The number of nitrogens with one attached hydrogen (secondary N) is 2. The molecule has 6 nitrogen and oxygen atoms in total. The summed E-state index contributed by atoms with van der Waals surface area (Å²) in [5, 5.41) is 6.08. The van der Waals surface area contributed by atoms with E-state index in [0.29, 0.717) is 25.1 Å². The summed E-state index contributed by atoms with van der Waals surface area (Å²) in [6.07, 6.45) is 1.30. The fraction of sp³-hybridized carbons (Fsp3) is 0.429. The van der Waals surface area contributed by atoms with Crippen LogP contribution < -0.4 is 16.4 Å². The molecule has 2 saturated heterocycles. The number of imide groups is 1. The van der Waals surface area contributed by atoms with Crippen molar-refractivity contribution in [2.75, 3.05) is 18.8 Å². The van der Waals surface area contributed by atoms with Gasteiger partial charge in [-0.05, 0) is 43.6 Å². The number of nitrogens with two attached hydrogens (primary N) is 1. The molecule has 1 aromatic carbocycles. The van der Waals surface area contributed by atoms with Crippen molar-refractivity contribution in [1.29, 1.82) is 0 Å². The van der Waals surface area contributed by atoms with Gasteiger partial charge in [0.05, 0.1) is 6.54 Å². The highest BCUT2D eigenvalue weighted by atomic mass is 16.2. The van der Waals surface area contributed by atoms with Gasteiger partial charge >= 0.3 is 6.03 Å². The zero-order chi connectivity index (χ0) is 14.2. The molecule has 0 aliphatic carbocycles. The zero-order valence-electron chi connectivity index (χ0n) is 11.2. The average Bonchev–Trinajstić information content (AvgIpc) is 2.67. The van der Waals surface area contributed by atoms with Crippen LogP contribution in [0.15, 0.2) is 24.3 Å². The van der Waals surface area contributed by atoms with Gasteiger partial charge in [0.15, 0.2) is 0 Å². The number of anilines is 1. The van der Waals surface area contributed by atoms with E-state index >= 15 is 0 Å². The molecule has 4 N–H and O–H groups in total. The monoisotopic (exact) mass is 274 g/mol. The molecule has 3 amide bonds. The predicted molar refractivity (Wildman–Crippen MR) is 74.8 cm³/mol. The molecular weight excluding hydrogens is 256 g/mol. The van der Waals surface area contributed by atoms with Crippen molar-refractivity contribution in [3.63, 3.8) is 0 Å². The number of urea groups is 1. The van der Waals surface area contributed by atoms with E-state index in [4.69, 9.17) is 5.73 Å². The fourth-order valence-electron chi connectivity index (χ4n) is 2.82. The fourth-order valence-corrected chi connectivity index (χ4v) is 2.82. The van der Waals surface area contributed by atoms with Crippen molar-refractivity contribution < 1.29 is 9.59 Å². The normalized spacial score (nSPS) is 21.3. The maximum Gasteiger partial charge on any atom is 0.325 e. The van der Waals surface area contributed by atoms with Gasteiger partial charge in [0.1, 0.15) is 5.54 Å². The summed E-state index contributed by atoms with van der Waals surface area (Å²) >= 11 is 0. The molecule has 106 valence electrons. The Morgan fingerprint density at radius 2 is 1.80 bits per heavy atom. The minimum Gasteiger partial charge on any atom is -0.399 e. The van der Waals surface area contributed by atoms with Crippen molar-refractivity contribution in [1.82, 2.24) is 15.5 Å². The second-order valence-corrected chi connectivity index (χ2v) is 5.40. The first-order chi connectivity index (χ1) is 9.61. The highest BCUT2D eigenvalue weighted by molar-refractivity contribution is 6.07. The van der Waals surface area contributed by atoms with Crippen molar-refractivity contribution in [3.8, 4) is 0 Å². The van der Waals surface area contributed by atoms with Gasteiger partial charge in [0, 0.05) is 5.69 Å². The lowest BCUT2D eigenvalue weighted by atomic mass is 9.88. The Morgan fingerprint density at radius 1 is 1.15 bits per heavy atom. The van der Waals surface area contributed by atoms with Crippen LogP contribution >= 0.6 is 0 Å². The Morgan fingerprint density at radius 3 is 2.45 bits per heavy atom. The number of piperidine rings is 1. The molecule has 2 aliphatic rings. The van der Waals surface area contributed by atoms with Gasteiger partial charge in [0.2, 0.25) is 0 Å². The van der Waals surface area contributed by atoms with Gasteiger partial charge in [-0.1, -0.05) is 12.1 Å². The smallest absolute Gasteiger partial charge is 0.325 e. The van der Waals surface area contributed by atoms with Gasteiger partial charge in [-0.2, -0.15) is 0 Å². The van der Waals surface area contributed by atoms with Crippen molar-refractivity contribution in [3.05, 3.63) is 29.8 Å². The Kier molecular flexibility index (Phi) is 3.10. The van der Waals surface area contributed by atoms with E-state index in [1.807, 2.05) is 12.1 Å². The summed E-state index contributed by atoms with van der Waals surface area (Å²) in [7, 11) is 0. The number of carbonyl (C=O) groups is 2. The molecule has 2 fully saturated rings. The quantitative estimate of drug-likeness (QED) is 0.539. The first-order valence-electron chi connectivity index (χ1n) is 6.80. The maximum atomic E-state index is 12.6. The van der Waals surface area contributed by atoms with Crippen LogP contribution in [0.2, 0.25) is 0 Å². The van der Waals surface area contributed by atoms with Gasteiger partial charge in [-0.25, -0.2) is 4.79 Å². The van der Waals surface area contributed by atoms with Crippen molar-refractivity contribution in [2.45, 2.75) is 24.9 Å². The minimum atomic E-state index is -0.698. The summed E-state index contributed by atoms with van der Waals surface area (Å²) in [5.74, 6) is -0.110. The molecule has 0 saturated carbocycles. The molecule has 1 aromatic rings. The third-order valence-electron chi connectivity index (χ3n) is 4.02. The molecule has 0 radical (unpaired) electrons. The van der Waals surface area contributed by atoms with Crippen LogP contribution in [0.3, 0.4) is 0 Å². The lowest BCUT2D eigenvalue weighted by Crippen LogP contribution is -2.53. The maximum absolute atomic E-state index is 12.6. The molecule has 0 atom stereocenters. The summed E-state index contributed by atoms with van der Waals surface area (Å²) in [6, 6.07) is 6.92. The SMILES string of the molecule is Nc1ccc(CN2C(=O)NC3(CCNCC3)C2=O)cc1. The van der Waals surface area contributed by atoms with E-state index in [1.165, 1.54) is 4.90 Å². The Bertz CT molecular complexity index is 535. The topological polar surface area (TPSA) is 87.5 Å². The third kappa shape index (κ3) is 2.12. The first-order valence-corrected chi connectivity index (χ1v) is 6.80. The zero-order valence-corrected chi connectivity index (χ0v) is 11.2. The van der Waals surface area contributed by atoms with Crippen molar-refractivity contribution in [2.24, 2.45) is 0 Å². The van der Waals surface area contributed by atoms with E-state index in [9.17, 15) is 9.59 Å². The number of nitrogen functional groups attached to an aromatic ring is 1. The third-order valence-corrected chi connectivity index (χ3v) is 4.02. The van der Waals surface area contributed by atoms with Crippen LogP contribution in [0.25, 0.3) is 0 Å². The Balaban J connectivity index is 1.78. The number of rotatable bonds is 2. The van der Waals surface area contributed by atoms with E-state index < -0.39 is 5.54 Å². The summed E-state index contributed by atoms with van der Waals surface area (Å²) in [6.45, 7) is 1.80. The Hall–Kier alpha value is -2.08. The summed E-state index contributed by atoms with van der Waals surface area (Å²) in [5.41, 5.74) is 6.50. The van der Waals surface area contributed by atoms with Crippen LogP contribution in [-0.4, -0.2) is 35.5 Å².